The summed E-state index contributed by atoms with van der Waals surface area (Å²) in [6.45, 7) is 4.91. The molecule has 1 rings (SSSR count). The lowest BCUT2D eigenvalue weighted by molar-refractivity contribution is 0.301. The number of nitrogens with zero attached hydrogens (tertiary/aromatic N) is 1. The van der Waals surface area contributed by atoms with E-state index in [1.807, 2.05) is 7.05 Å². The Morgan fingerprint density at radius 1 is 1.33 bits per heavy atom. The van der Waals surface area contributed by atoms with Gasteiger partial charge in [-0.05, 0) is 47.1 Å². The molecule has 0 radical (unpaired) electrons. The lowest BCUT2D eigenvalue weighted by Crippen LogP contribution is -2.28. The fourth-order valence-corrected chi connectivity index (χ4v) is 2.62. The van der Waals surface area contributed by atoms with Crippen molar-refractivity contribution in [1.29, 1.82) is 0 Å². The van der Waals surface area contributed by atoms with Crippen molar-refractivity contribution < 1.29 is 5.11 Å². The van der Waals surface area contributed by atoms with E-state index in [1.54, 1.807) is 0 Å². The molecule has 0 fully saturated rings. The summed E-state index contributed by atoms with van der Waals surface area (Å²) >= 11 is 3.63. The van der Waals surface area contributed by atoms with Crippen LogP contribution in [0.2, 0.25) is 0 Å². The van der Waals surface area contributed by atoms with Gasteiger partial charge in [-0.2, -0.15) is 0 Å². The van der Waals surface area contributed by atoms with E-state index in [4.69, 9.17) is 5.11 Å². The summed E-state index contributed by atoms with van der Waals surface area (Å²) in [6, 6.07) is 6.40. The molecular weight excluding hydrogens is 292 g/mol. The van der Waals surface area contributed by atoms with Gasteiger partial charge >= 0.3 is 0 Å². The molecule has 0 aliphatic heterocycles. The van der Waals surface area contributed by atoms with Gasteiger partial charge in [0.05, 0.1) is 12.3 Å². The van der Waals surface area contributed by atoms with Crippen LogP contribution in [0.5, 0.6) is 0 Å². The van der Waals surface area contributed by atoms with Crippen LogP contribution in [0.3, 0.4) is 0 Å². The normalized spacial score (nSPS) is 10.7. The first-order chi connectivity index (χ1) is 8.72. The Morgan fingerprint density at radius 2 is 2.11 bits per heavy atom. The van der Waals surface area contributed by atoms with Gasteiger partial charge in [0.15, 0.2) is 0 Å². The first-order valence-electron chi connectivity index (χ1n) is 6.51. The minimum atomic E-state index is 0.189. The van der Waals surface area contributed by atoms with Crippen LogP contribution in [0.4, 0.5) is 5.69 Å². The molecule has 0 aliphatic rings. The van der Waals surface area contributed by atoms with Gasteiger partial charge in [0.1, 0.15) is 0 Å². The van der Waals surface area contributed by atoms with Crippen molar-refractivity contribution in [2.75, 3.05) is 31.6 Å². The second kappa shape index (κ2) is 8.51. The number of unbranched alkanes of at least 4 members (excludes halogenated alkanes) is 1. The van der Waals surface area contributed by atoms with Crippen molar-refractivity contribution in [1.82, 2.24) is 5.32 Å². The molecule has 0 aromatic heterocycles. The predicted octanol–water partition coefficient (Wildman–Crippen LogP) is 2.77. The van der Waals surface area contributed by atoms with Crippen LogP contribution in [-0.2, 0) is 6.54 Å². The monoisotopic (exact) mass is 314 g/mol. The molecular formula is C14H23BrN2O. The Labute approximate surface area is 118 Å². The summed E-state index contributed by atoms with van der Waals surface area (Å²) < 4.78 is 1.10. The highest BCUT2D eigenvalue weighted by molar-refractivity contribution is 9.10. The van der Waals surface area contributed by atoms with Crippen LogP contribution in [0.1, 0.15) is 25.3 Å². The average molecular weight is 315 g/mol. The zero-order valence-corrected chi connectivity index (χ0v) is 12.8. The van der Waals surface area contributed by atoms with E-state index in [1.165, 1.54) is 5.56 Å². The van der Waals surface area contributed by atoms with Gasteiger partial charge < -0.3 is 15.3 Å². The van der Waals surface area contributed by atoms with Gasteiger partial charge in [0, 0.05) is 24.1 Å². The van der Waals surface area contributed by atoms with E-state index >= 15 is 0 Å². The van der Waals surface area contributed by atoms with E-state index in [-0.39, 0.29) is 6.61 Å². The molecule has 0 aliphatic carbocycles. The van der Waals surface area contributed by atoms with Crippen LogP contribution in [-0.4, -0.2) is 31.9 Å². The molecule has 0 atom stereocenters. The largest absolute Gasteiger partial charge is 0.395 e. The fourth-order valence-electron chi connectivity index (χ4n) is 1.94. The van der Waals surface area contributed by atoms with Crippen molar-refractivity contribution in [3.63, 3.8) is 0 Å². The summed E-state index contributed by atoms with van der Waals surface area (Å²) in [4.78, 5) is 2.23. The van der Waals surface area contributed by atoms with Crippen molar-refractivity contribution in [2.24, 2.45) is 0 Å². The number of rotatable bonds is 8. The van der Waals surface area contributed by atoms with Crippen LogP contribution < -0.4 is 10.2 Å². The van der Waals surface area contributed by atoms with Crippen LogP contribution in [0.25, 0.3) is 0 Å². The highest BCUT2D eigenvalue weighted by Crippen LogP contribution is 2.27. The Balaban J connectivity index is 2.83. The SMILES string of the molecule is CCCCN(CCO)c1ccc(CNC)cc1Br. The Kier molecular flexibility index (Phi) is 7.32. The van der Waals surface area contributed by atoms with Crippen molar-refractivity contribution in [3.05, 3.63) is 28.2 Å². The summed E-state index contributed by atoms with van der Waals surface area (Å²) in [7, 11) is 1.95. The Morgan fingerprint density at radius 3 is 2.67 bits per heavy atom. The van der Waals surface area contributed by atoms with Crippen LogP contribution >= 0.6 is 15.9 Å². The van der Waals surface area contributed by atoms with Crippen LogP contribution in [0.15, 0.2) is 22.7 Å². The third kappa shape index (κ3) is 4.59. The highest BCUT2D eigenvalue weighted by Gasteiger charge is 2.09. The molecule has 1 aromatic rings. The second-order valence-electron chi connectivity index (χ2n) is 4.38. The number of hydrogen-bond donors (Lipinski definition) is 2. The van der Waals surface area contributed by atoms with Gasteiger partial charge in [-0.1, -0.05) is 19.4 Å². The van der Waals surface area contributed by atoms with Crippen molar-refractivity contribution in [2.45, 2.75) is 26.3 Å². The van der Waals surface area contributed by atoms with E-state index in [0.717, 1.165) is 36.1 Å². The second-order valence-corrected chi connectivity index (χ2v) is 5.23. The maximum atomic E-state index is 9.16. The molecule has 0 heterocycles. The van der Waals surface area contributed by atoms with Gasteiger partial charge in [-0.15, -0.1) is 0 Å². The number of hydrogen-bond acceptors (Lipinski definition) is 3. The molecule has 4 heteroatoms. The minimum absolute atomic E-state index is 0.189. The zero-order chi connectivity index (χ0) is 13.4. The molecule has 0 saturated carbocycles. The third-order valence-electron chi connectivity index (χ3n) is 2.89. The lowest BCUT2D eigenvalue weighted by atomic mass is 10.2. The summed E-state index contributed by atoms with van der Waals surface area (Å²) in [5.41, 5.74) is 2.42. The number of benzene rings is 1. The van der Waals surface area contributed by atoms with Crippen molar-refractivity contribution >= 4 is 21.6 Å². The van der Waals surface area contributed by atoms with E-state index in [9.17, 15) is 0 Å². The van der Waals surface area contributed by atoms with Crippen molar-refractivity contribution in [3.8, 4) is 0 Å². The molecule has 1 aromatic carbocycles. The van der Waals surface area contributed by atoms with E-state index in [0.29, 0.717) is 6.54 Å². The predicted molar refractivity (Wildman–Crippen MR) is 81.1 cm³/mol. The van der Waals surface area contributed by atoms with Gasteiger partial charge in [0.25, 0.3) is 0 Å². The molecule has 3 nitrogen and oxygen atoms in total. The zero-order valence-electron chi connectivity index (χ0n) is 11.2. The molecule has 0 spiro atoms. The number of aliphatic hydroxyl groups is 1. The minimum Gasteiger partial charge on any atom is -0.395 e. The quantitative estimate of drug-likeness (QED) is 0.774. The number of nitrogens with one attached hydrogen (secondary N) is 1. The molecule has 0 unspecified atom stereocenters. The number of halogens is 1. The summed E-state index contributed by atoms with van der Waals surface area (Å²) in [5.74, 6) is 0. The summed E-state index contributed by atoms with van der Waals surface area (Å²) in [6.07, 6.45) is 2.31. The molecule has 18 heavy (non-hydrogen) atoms. The maximum absolute atomic E-state index is 9.16. The van der Waals surface area contributed by atoms with E-state index < -0.39 is 0 Å². The average Bonchev–Trinajstić information content (AvgIpc) is 2.35. The van der Waals surface area contributed by atoms with Gasteiger partial charge in [0.2, 0.25) is 0 Å². The smallest absolute Gasteiger partial charge is 0.0606 e. The topological polar surface area (TPSA) is 35.5 Å². The maximum Gasteiger partial charge on any atom is 0.0606 e. The molecule has 2 N–H and O–H groups in total. The van der Waals surface area contributed by atoms with Gasteiger partial charge in [-0.25, -0.2) is 0 Å². The Hall–Kier alpha value is -0.580. The number of anilines is 1. The first-order valence-corrected chi connectivity index (χ1v) is 7.31. The van der Waals surface area contributed by atoms with Crippen LogP contribution in [0, 0.1) is 0 Å². The fraction of sp³-hybridized carbons (Fsp3) is 0.571. The molecule has 0 saturated heterocycles. The number of aliphatic hydroxyl groups excluding tert-OH is 1. The summed E-state index contributed by atoms with van der Waals surface area (Å²) in [5, 5.41) is 12.3. The molecule has 102 valence electrons. The first kappa shape index (κ1) is 15.5. The Bertz CT molecular complexity index is 358. The van der Waals surface area contributed by atoms with E-state index in [2.05, 4.69) is 51.3 Å². The molecule has 0 bridgehead atoms. The molecule has 0 amide bonds. The lowest BCUT2D eigenvalue weighted by Gasteiger charge is -2.25. The third-order valence-corrected chi connectivity index (χ3v) is 3.52. The standard InChI is InChI=1S/C14H23BrN2O/c1-3-4-7-17(8-9-18)14-6-5-12(11-16-2)10-13(14)15/h5-6,10,16,18H,3-4,7-9,11H2,1-2H3. The van der Waals surface area contributed by atoms with Gasteiger partial charge in [-0.3, -0.25) is 0 Å². The highest BCUT2D eigenvalue weighted by atomic mass is 79.9.